The number of carbonyl (C=O) groups is 1. The van der Waals surface area contributed by atoms with Crippen LogP contribution in [-0.2, 0) is 19.9 Å². The van der Waals surface area contributed by atoms with Gasteiger partial charge < -0.3 is 15.0 Å². The molecule has 1 fully saturated rings. The number of fused-ring (bicyclic) bond motifs is 2. The third-order valence-electron chi connectivity index (χ3n) is 7.66. The second-order valence-electron chi connectivity index (χ2n) is 10.4. The molecule has 1 N–H and O–H groups in total. The topological polar surface area (TPSA) is 72.3 Å². The summed E-state index contributed by atoms with van der Waals surface area (Å²) in [6, 6.07) is 5.92. The van der Waals surface area contributed by atoms with Crippen molar-refractivity contribution in [3.8, 4) is 5.19 Å². The lowest BCUT2D eigenvalue weighted by molar-refractivity contribution is 0.0224. The number of benzene rings is 1. The molecule has 37 heavy (non-hydrogen) atoms. The Hall–Kier alpha value is -2.59. The molecule has 5 rings (SSSR count). The highest BCUT2D eigenvalue weighted by molar-refractivity contribution is 7.13. The van der Waals surface area contributed by atoms with Crippen molar-refractivity contribution in [1.29, 1.82) is 0 Å². The highest BCUT2D eigenvalue weighted by atomic mass is 32.1. The molecule has 1 aromatic carbocycles. The molecule has 2 aliphatic rings. The van der Waals surface area contributed by atoms with Crippen LogP contribution in [0.25, 0.3) is 10.9 Å². The number of hydrogen-bond donors (Lipinski definition) is 1. The Labute approximate surface area is 220 Å². The number of aromatic nitrogens is 3. The van der Waals surface area contributed by atoms with Crippen LogP contribution in [0.3, 0.4) is 0 Å². The third kappa shape index (κ3) is 6.29. The van der Waals surface area contributed by atoms with Crippen molar-refractivity contribution in [2.24, 2.45) is 13.0 Å². The molecule has 1 aliphatic heterocycles. The minimum absolute atomic E-state index is 0.00934. The molecule has 0 radical (unpaired) electrons. The molecule has 0 bridgehead atoms. The summed E-state index contributed by atoms with van der Waals surface area (Å²) in [5.41, 5.74) is 2.54. The number of nitrogens with zero attached hydrogens (tertiary/aromatic N) is 4. The number of aryl methyl sites for hydroxylation is 1. The fourth-order valence-electron chi connectivity index (χ4n) is 5.45. The van der Waals surface area contributed by atoms with E-state index in [0.717, 1.165) is 86.1 Å². The van der Waals surface area contributed by atoms with Crippen molar-refractivity contribution in [3.63, 3.8) is 0 Å². The molecule has 2 aromatic heterocycles. The summed E-state index contributed by atoms with van der Waals surface area (Å²) in [7, 11) is 1.87. The Morgan fingerprint density at radius 3 is 2.78 bits per heavy atom. The zero-order valence-electron chi connectivity index (χ0n) is 21.5. The number of amides is 1. The molecular formula is C27H35F2N5O2S. The van der Waals surface area contributed by atoms with Crippen molar-refractivity contribution < 1.29 is 18.3 Å². The zero-order valence-corrected chi connectivity index (χ0v) is 22.3. The van der Waals surface area contributed by atoms with Crippen LogP contribution in [0.4, 0.5) is 8.78 Å². The van der Waals surface area contributed by atoms with Gasteiger partial charge >= 0.3 is 0 Å². The first-order chi connectivity index (χ1) is 17.9. The van der Waals surface area contributed by atoms with Crippen molar-refractivity contribution in [2.75, 3.05) is 19.6 Å². The molecule has 200 valence electrons. The van der Waals surface area contributed by atoms with Gasteiger partial charge in [0.2, 0.25) is 0 Å². The Kier molecular flexibility index (Phi) is 8.04. The van der Waals surface area contributed by atoms with Crippen LogP contribution < -0.4 is 10.1 Å². The van der Waals surface area contributed by atoms with E-state index in [0.29, 0.717) is 16.7 Å². The predicted molar refractivity (Wildman–Crippen MR) is 141 cm³/mol. The maximum atomic E-state index is 13.0. The second-order valence-corrected chi connectivity index (χ2v) is 11.4. The average Bonchev–Trinajstić information content (AvgIpc) is 3.40. The summed E-state index contributed by atoms with van der Waals surface area (Å²) in [5.74, 6) is 0.672. The molecule has 0 saturated heterocycles. The third-order valence-corrected chi connectivity index (χ3v) is 8.71. The standard InChI is InChI=1S/C27H35F2N5O2S/c1-17(25(28)29)36-27-31-23-11-14-34(15-12-24(23)37-27)13-10-18-6-8-19(9-7-18)30-26(35)20-4-3-5-22-21(20)16-33(2)32-22/h3-5,16-19,25H,6-15H2,1-2H3,(H,30,35)/t17?,18-,19-. The highest BCUT2D eigenvalue weighted by Gasteiger charge is 2.26. The van der Waals surface area contributed by atoms with Crippen LogP contribution in [0.1, 0.15) is 60.0 Å². The molecule has 3 aromatic rings. The number of thiazole rings is 1. The molecule has 1 saturated carbocycles. The highest BCUT2D eigenvalue weighted by Crippen LogP contribution is 2.31. The Balaban J connectivity index is 1.05. The first-order valence-electron chi connectivity index (χ1n) is 13.2. The monoisotopic (exact) mass is 531 g/mol. The van der Waals surface area contributed by atoms with Crippen LogP contribution >= 0.6 is 11.3 Å². The molecule has 10 heteroatoms. The van der Waals surface area contributed by atoms with Crippen LogP contribution in [0.15, 0.2) is 24.4 Å². The van der Waals surface area contributed by atoms with Gasteiger partial charge in [0.1, 0.15) is 0 Å². The SMILES string of the molecule is CC(Oc1nc2c(s1)CCN(CC[C@H]1CC[C@H](NC(=O)c3cccc4nn(C)cc34)CC1)CC2)C(F)F. The number of nitrogens with one attached hydrogen (secondary N) is 1. The summed E-state index contributed by atoms with van der Waals surface area (Å²) < 4.78 is 32.6. The molecule has 1 unspecified atom stereocenters. The van der Waals surface area contributed by atoms with E-state index < -0.39 is 12.5 Å². The molecule has 1 amide bonds. The van der Waals surface area contributed by atoms with E-state index in [9.17, 15) is 13.6 Å². The van der Waals surface area contributed by atoms with E-state index in [1.165, 1.54) is 18.3 Å². The van der Waals surface area contributed by atoms with Gasteiger partial charge in [0, 0.05) is 49.1 Å². The zero-order chi connectivity index (χ0) is 25.9. The number of alkyl halides is 2. The van der Waals surface area contributed by atoms with Gasteiger partial charge in [0.05, 0.1) is 16.8 Å². The lowest BCUT2D eigenvalue weighted by Gasteiger charge is -2.30. The molecule has 7 nitrogen and oxygen atoms in total. The van der Waals surface area contributed by atoms with E-state index in [4.69, 9.17) is 4.74 Å². The molecular weight excluding hydrogens is 496 g/mol. The number of hydrogen-bond acceptors (Lipinski definition) is 6. The molecule has 3 heterocycles. The summed E-state index contributed by atoms with van der Waals surface area (Å²) in [4.78, 5) is 21.1. The average molecular weight is 532 g/mol. The fourth-order valence-corrected chi connectivity index (χ4v) is 6.48. The van der Waals surface area contributed by atoms with Crippen LogP contribution in [-0.4, -0.2) is 63.8 Å². The van der Waals surface area contributed by atoms with E-state index in [1.54, 1.807) is 4.68 Å². The lowest BCUT2D eigenvalue weighted by atomic mass is 9.84. The Morgan fingerprint density at radius 2 is 2.00 bits per heavy atom. The van der Waals surface area contributed by atoms with Crippen molar-refractivity contribution in [3.05, 3.63) is 40.5 Å². The Bertz CT molecular complexity index is 1200. The maximum Gasteiger partial charge on any atom is 0.274 e. The quantitative estimate of drug-likeness (QED) is 0.450. The minimum Gasteiger partial charge on any atom is -0.461 e. The number of ether oxygens (including phenoxy) is 1. The number of rotatable bonds is 8. The Morgan fingerprint density at radius 1 is 1.22 bits per heavy atom. The lowest BCUT2D eigenvalue weighted by Crippen LogP contribution is -2.38. The minimum atomic E-state index is -2.51. The van der Waals surface area contributed by atoms with Gasteiger partial charge in [0.15, 0.2) is 6.10 Å². The van der Waals surface area contributed by atoms with Crippen molar-refractivity contribution >= 4 is 28.1 Å². The second kappa shape index (κ2) is 11.4. The van der Waals surface area contributed by atoms with E-state index in [2.05, 4.69) is 20.3 Å². The van der Waals surface area contributed by atoms with Crippen LogP contribution in [0, 0.1) is 5.92 Å². The van der Waals surface area contributed by atoms with Crippen LogP contribution in [0.2, 0.25) is 0 Å². The van der Waals surface area contributed by atoms with Gasteiger partial charge in [-0.15, -0.1) is 0 Å². The van der Waals surface area contributed by atoms with Crippen LogP contribution in [0.5, 0.6) is 5.19 Å². The first-order valence-corrected chi connectivity index (χ1v) is 14.1. The summed E-state index contributed by atoms with van der Waals surface area (Å²) in [5, 5.41) is 8.92. The molecule has 1 aliphatic carbocycles. The van der Waals surface area contributed by atoms with Gasteiger partial charge in [-0.3, -0.25) is 9.48 Å². The van der Waals surface area contributed by atoms with E-state index in [-0.39, 0.29) is 11.9 Å². The first kappa shape index (κ1) is 26.0. The molecule has 0 spiro atoms. The van der Waals surface area contributed by atoms with Gasteiger partial charge in [0.25, 0.3) is 17.5 Å². The van der Waals surface area contributed by atoms with Gasteiger partial charge in [-0.25, -0.2) is 13.8 Å². The maximum absolute atomic E-state index is 13.0. The van der Waals surface area contributed by atoms with E-state index >= 15 is 0 Å². The van der Waals surface area contributed by atoms with Gasteiger partial charge in [-0.1, -0.05) is 17.4 Å². The fraction of sp³-hybridized carbons (Fsp3) is 0.593. The van der Waals surface area contributed by atoms with Gasteiger partial charge in [-0.05, 0) is 70.0 Å². The normalized spacial score (nSPS) is 21.5. The molecule has 1 atom stereocenters. The summed E-state index contributed by atoms with van der Waals surface area (Å²) >= 11 is 1.42. The predicted octanol–water partition coefficient (Wildman–Crippen LogP) is 4.84. The smallest absolute Gasteiger partial charge is 0.274 e. The van der Waals surface area contributed by atoms with Crippen molar-refractivity contribution in [2.45, 2.75) is 70.4 Å². The summed E-state index contributed by atoms with van der Waals surface area (Å²) in [6.45, 7) is 4.34. The van der Waals surface area contributed by atoms with Gasteiger partial charge in [-0.2, -0.15) is 5.10 Å². The number of carbonyl (C=O) groups excluding carboxylic acids is 1. The summed E-state index contributed by atoms with van der Waals surface area (Å²) in [6.07, 6.45) is 5.44. The largest absolute Gasteiger partial charge is 0.461 e. The number of halogens is 2. The van der Waals surface area contributed by atoms with Crippen molar-refractivity contribution in [1.82, 2.24) is 25.0 Å². The van der Waals surface area contributed by atoms with E-state index in [1.807, 2.05) is 31.4 Å².